The van der Waals surface area contributed by atoms with Crippen LogP contribution in [0.25, 0.3) is 32.3 Å². The van der Waals surface area contributed by atoms with Crippen LogP contribution in [0.2, 0.25) is 0 Å². The summed E-state index contributed by atoms with van der Waals surface area (Å²) in [6.45, 7) is 2.54. The van der Waals surface area contributed by atoms with Gasteiger partial charge in [0.2, 0.25) is 17.6 Å². The Labute approximate surface area is 618 Å². The maximum atomic E-state index is 11.8. The predicted octanol–water partition coefficient (Wildman–Crippen LogP) is -0.429. The maximum Gasteiger partial charge on any atom is 1.00 e. The number of alkyl halides is 1. The number of ether oxygens (including phenoxy) is 11. The molecule has 4 amide bonds. The summed E-state index contributed by atoms with van der Waals surface area (Å²) in [4.78, 5) is 75.5. The van der Waals surface area contributed by atoms with Gasteiger partial charge in [0.25, 0.3) is 12.4 Å². The first-order chi connectivity index (χ1) is 40.9. The van der Waals surface area contributed by atoms with Crippen LogP contribution in [-0.4, -0.2) is 182 Å². The second-order valence-corrected chi connectivity index (χ2v) is 29.6. The van der Waals surface area contributed by atoms with E-state index in [2.05, 4.69) is 65.9 Å². The second kappa shape index (κ2) is 39.2. The third kappa shape index (κ3) is 21.0. The molecule has 3 atom stereocenters. The molecule has 3 aromatic heterocycles. The van der Waals surface area contributed by atoms with Gasteiger partial charge in [-0.25, -0.2) is 29.3 Å². The quantitative estimate of drug-likeness (QED) is 0.0213. The first kappa shape index (κ1) is 75.3. The SMILES string of the molecule is N#Cc1cc2ccnc(OCC3COC(=O)N3COCCCl)c2cc1O.N#Cc1cc2ccnc3c2cc1OCCOCN1C(=O)OCC1CO3.NC(=O)c1cc2ccnc3c2cc1OCCOCN1C(=O)OCC1CO3.O=CO[O-].[CH3-].[H-].[I][V][I].[K+].[K+]. The van der Waals surface area contributed by atoms with E-state index in [4.69, 9.17) is 84.8 Å². The molecule has 3 saturated heterocycles. The molecule has 3 unspecified atom stereocenters. The van der Waals surface area contributed by atoms with Crippen LogP contribution in [0.3, 0.4) is 0 Å². The minimum atomic E-state index is -0.588. The van der Waals surface area contributed by atoms with Crippen molar-refractivity contribution in [2.24, 2.45) is 5.73 Å². The standard InChI is InChI=1S/C17H16ClN3O5.C17H17N3O6.C17H15N3O5.CH2O3.CH3.2HI.2K.V.H/c18-2-4-24-10-21-13(9-26-17(21)23)8-25-16-14-6-15(22)12(7-19)5-11(14)1-3-20-16;18-15(21)13-5-10-1-2-19-16-12(10)6-14(13)24-4-3-23-9-20-11(7-25-16)8-26-17(20)22;18-7-12-5-11-1-2-19-16-14(11)6-15(12)23-4-3-22-10-20-13(8-24-16)9-25-17(20)21;2-1-4-3;;;;;;;/h1,3,5-6,13,22H,2,4,8-10H2;1-2,5-6,11H,3-4,7-9H2,(H2,18,21);1-2,5-6,13H,3-4,8-10H2;1,3H;1H3;2*1H;;;;/q;;;;-1;;;2*+1;+2;-1/p-3. The van der Waals surface area contributed by atoms with E-state index in [1.54, 1.807) is 61.1 Å². The molecule has 34 heteroatoms. The molecule has 0 spiro atoms. The Balaban J connectivity index is 0.000000320. The van der Waals surface area contributed by atoms with Crippen LogP contribution >= 0.6 is 51.6 Å². The minimum Gasteiger partial charge on any atom is 1.00 e. The molecule has 3 fully saturated rings. The summed E-state index contributed by atoms with van der Waals surface area (Å²) >= 11 is 10.3. The molecule has 0 saturated carbocycles. The summed E-state index contributed by atoms with van der Waals surface area (Å²) in [5.74, 6) is 1.49. The van der Waals surface area contributed by atoms with E-state index in [0.29, 0.717) is 72.8 Å². The number of phenols is 1. The fourth-order valence-corrected chi connectivity index (χ4v) is 8.44. The number of halogens is 3. The van der Waals surface area contributed by atoms with Crippen LogP contribution < -0.4 is 137 Å². The van der Waals surface area contributed by atoms with Crippen molar-refractivity contribution in [2.45, 2.75) is 18.1 Å². The number of phenolic OH excluding ortho intramolecular Hbond substituents is 1. The number of aromatic hydroxyl groups is 1. The van der Waals surface area contributed by atoms with Crippen molar-refractivity contribution < 1.29 is 205 Å². The Morgan fingerprint density at radius 1 is 0.747 bits per heavy atom. The first-order valence-electron chi connectivity index (χ1n) is 24.8. The van der Waals surface area contributed by atoms with Crippen LogP contribution in [0.1, 0.15) is 22.9 Å². The van der Waals surface area contributed by atoms with Gasteiger partial charge in [0, 0.05) is 40.6 Å². The number of carbonyl (C=O) groups excluding carboxylic acids is 5. The second-order valence-electron chi connectivity index (χ2n) is 17.5. The fourth-order valence-electron chi connectivity index (χ4n) is 8.33. The van der Waals surface area contributed by atoms with Crippen molar-refractivity contribution in [1.82, 2.24) is 29.7 Å². The Hall–Kier alpha value is -4.13. The number of carbonyl (C=O) groups is 5. The molecule has 0 radical (unpaired) electrons. The zero-order chi connectivity index (χ0) is 60.0. The van der Waals surface area contributed by atoms with E-state index in [9.17, 15) is 29.5 Å². The third-order valence-electron chi connectivity index (χ3n) is 12.4. The van der Waals surface area contributed by atoms with E-state index >= 15 is 0 Å². The van der Waals surface area contributed by atoms with Crippen LogP contribution in [0.15, 0.2) is 73.2 Å². The predicted molar refractivity (Wildman–Crippen MR) is 309 cm³/mol. The maximum absolute atomic E-state index is 11.8. The first-order valence-corrected chi connectivity index (χ1v) is 34.4. The number of primary amides is 1. The number of fused-ring (bicyclic) bond motifs is 5. The van der Waals surface area contributed by atoms with Crippen molar-refractivity contribution in [3.05, 3.63) is 97.3 Å². The molecule has 6 aromatic rings. The molecule has 5 aliphatic heterocycles. The molecule has 5 aliphatic rings. The molecule has 4 bridgehead atoms. The molecular formula is C53H53ClI2K2N9O19V-. The largest absolute Gasteiger partial charge is 1.00 e. The van der Waals surface area contributed by atoms with Gasteiger partial charge in [-0.2, -0.15) is 10.5 Å². The van der Waals surface area contributed by atoms with Crippen LogP contribution in [0, 0.1) is 30.1 Å². The van der Waals surface area contributed by atoms with Gasteiger partial charge in [-0.3, -0.25) is 24.3 Å². The Bertz CT molecular complexity index is 3410. The van der Waals surface area contributed by atoms with Crippen molar-refractivity contribution >= 4 is 115 Å². The van der Waals surface area contributed by atoms with Gasteiger partial charge in [-0.1, -0.05) is 0 Å². The van der Waals surface area contributed by atoms with Gasteiger partial charge in [0.05, 0.1) is 36.5 Å². The number of hydrogen-bond donors (Lipinski definition) is 2. The molecule has 8 heterocycles. The summed E-state index contributed by atoms with van der Waals surface area (Å²) in [6, 6.07) is 18.3. The van der Waals surface area contributed by atoms with Gasteiger partial charge in [-0.15, -0.1) is 11.6 Å². The van der Waals surface area contributed by atoms with Gasteiger partial charge >= 0.3 is 170 Å². The summed E-state index contributed by atoms with van der Waals surface area (Å²) < 4.78 is 60.2. The summed E-state index contributed by atoms with van der Waals surface area (Å²) in [5, 5.41) is 41.0. The summed E-state index contributed by atoms with van der Waals surface area (Å²) in [7, 11) is 0.628. The van der Waals surface area contributed by atoms with E-state index in [1.165, 1.54) is 20.8 Å². The minimum absolute atomic E-state index is 0. The van der Waals surface area contributed by atoms with Crippen LogP contribution in [0.5, 0.6) is 34.9 Å². The van der Waals surface area contributed by atoms with Gasteiger partial charge in [0.15, 0.2) is 0 Å². The number of aromatic nitrogens is 3. The zero-order valence-corrected chi connectivity index (χ0v) is 59.6. The normalized spacial score (nSPS) is 17.2. The number of nitrogens with zero attached hydrogens (tertiary/aromatic N) is 8. The molecule has 0 aliphatic carbocycles. The van der Waals surface area contributed by atoms with Crippen molar-refractivity contribution in [2.75, 3.05) is 98.7 Å². The molecule has 87 heavy (non-hydrogen) atoms. The Kier molecular flexibility index (Phi) is 33.9. The van der Waals surface area contributed by atoms with Crippen molar-refractivity contribution in [3.8, 4) is 47.0 Å². The van der Waals surface area contributed by atoms with Crippen LogP contribution in [-0.2, 0) is 47.6 Å². The molecule has 3 aromatic carbocycles. The van der Waals surface area contributed by atoms with Gasteiger partial charge < -0.3 is 81.9 Å². The van der Waals surface area contributed by atoms with E-state index < -0.39 is 24.2 Å². The fraction of sp³-hybridized carbons (Fsp3) is 0.340. The smallest absolute Gasteiger partial charge is 1.00 e. The van der Waals surface area contributed by atoms with E-state index in [1.807, 2.05) is 12.1 Å². The monoisotopic (exact) mass is 1540 g/mol. The van der Waals surface area contributed by atoms with Crippen molar-refractivity contribution in [1.29, 1.82) is 10.5 Å². The molecule has 11 rings (SSSR count). The van der Waals surface area contributed by atoms with E-state index in [-0.39, 0.29) is 239 Å². The van der Waals surface area contributed by atoms with Gasteiger partial charge in [0.1, 0.15) is 121 Å². The number of benzene rings is 3. The number of nitriles is 2. The average Bonchev–Trinajstić information content (AvgIpc) is 1.61. The van der Waals surface area contributed by atoms with Crippen LogP contribution in [0.4, 0.5) is 14.4 Å². The average molecular weight is 1540 g/mol. The van der Waals surface area contributed by atoms with Crippen molar-refractivity contribution in [3.63, 3.8) is 0 Å². The zero-order valence-electron chi connectivity index (χ0n) is 47.9. The number of cyclic esters (lactones) is 3. The number of amides is 4. The number of nitrogens with two attached hydrogens (primary N) is 1. The Morgan fingerprint density at radius 2 is 1.24 bits per heavy atom. The van der Waals surface area contributed by atoms with E-state index in [0.717, 1.165) is 16.2 Å². The number of rotatable bonds is 9. The summed E-state index contributed by atoms with van der Waals surface area (Å²) in [5.41, 5.74) is 6.34. The van der Waals surface area contributed by atoms with Gasteiger partial charge in [-0.05, 0) is 70.8 Å². The topological polar surface area (TPSA) is 361 Å². The number of pyridine rings is 3. The molecule has 28 nitrogen and oxygen atoms in total. The third-order valence-corrected chi connectivity index (χ3v) is 12.5. The molecule has 453 valence electrons. The summed E-state index contributed by atoms with van der Waals surface area (Å²) in [6.07, 6.45) is 3.40. The Morgan fingerprint density at radius 3 is 1.78 bits per heavy atom. The molecule has 3 N–H and O–H groups in total. The molecular weight excluding hydrogens is 1490 g/mol. The number of hydrogen-bond acceptors (Lipinski definition) is 24.